The lowest BCUT2D eigenvalue weighted by Gasteiger charge is -2.50. The molecule has 1 aromatic rings. The molecule has 0 unspecified atom stereocenters. The van der Waals surface area contributed by atoms with Crippen molar-refractivity contribution >= 4 is 23.4 Å². The molecule has 1 aromatic carbocycles. The predicted octanol–water partition coefficient (Wildman–Crippen LogP) is 5.05. The summed E-state index contributed by atoms with van der Waals surface area (Å²) in [5.74, 6) is 0. The third-order valence-corrected chi connectivity index (χ3v) is 5.85. The lowest BCUT2D eigenvalue weighted by atomic mass is 9.61. The second-order valence-corrected chi connectivity index (χ2v) is 7.62. The van der Waals surface area contributed by atoms with Crippen molar-refractivity contribution in [3.8, 4) is 6.07 Å². The van der Waals surface area contributed by atoms with Gasteiger partial charge in [0.1, 0.15) is 4.75 Å². The maximum atomic E-state index is 9.50. The molecule has 2 saturated carbocycles. The van der Waals surface area contributed by atoms with E-state index in [9.17, 15) is 5.26 Å². The van der Waals surface area contributed by atoms with Gasteiger partial charge < -0.3 is 0 Å². The number of halogens is 1. The van der Waals surface area contributed by atoms with Crippen molar-refractivity contribution in [3.63, 3.8) is 0 Å². The monoisotopic (exact) mass is 277 g/mol. The molecular formula is C15H16ClNS. The molecule has 1 nitrogen and oxygen atoms in total. The zero-order valence-corrected chi connectivity index (χ0v) is 11.9. The lowest BCUT2D eigenvalue weighted by Crippen LogP contribution is -2.47. The highest BCUT2D eigenvalue weighted by molar-refractivity contribution is 8.01. The summed E-state index contributed by atoms with van der Waals surface area (Å²) in [6.45, 7) is 0. The molecule has 3 heteroatoms. The Kier molecular flexibility index (Phi) is 3.08. The summed E-state index contributed by atoms with van der Waals surface area (Å²) in [7, 11) is 0. The first-order valence-electron chi connectivity index (χ1n) is 6.51. The Morgan fingerprint density at radius 2 is 1.72 bits per heavy atom. The van der Waals surface area contributed by atoms with Crippen LogP contribution in [0.1, 0.15) is 38.5 Å². The van der Waals surface area contributed by atoms with Crippen LogP contribution in [0.15, 0.2) is 29.2 Å². The smallest absolute Gasteiger partial charge is 0.108 e. The average Bonchev–Trinajstić information content (AvgIpc) is 2.80. The topological polar surface area (TPSA) is 23.8 Å². The van der Waals surface area contributed by atoms with Gasteiger partial charge in [0.25, 0.3) is 0 Å². The van der Waals surface area contributed by atoms with Gasteiger partial charge in [0.15, 0.2) is 0 Å². The molecule has 94 valence electrons. The Morgan fingerprint density at radius 3 is 2.28 bits per heavy atom. The molecule has 0 aliphatic heterocycles. The van der Waals surface area contributed by atoms with Gasteiger partial charge in [-0.25, -0.2) is 0 Å². The van der Waals surface area contributed by atoms with Crippen molar-refractivity contribution in [2.45, 2.75) is 48.2 Å². The number of thioether (sulfide) groups is 1. The molecule has 0 bridgehead atoms. The van der Waals surface area contributed by atoms with Crippen LogP contribution in [0.5, 0.6) is 0 Å². The maximum absolute atomic E-state index is 9.50. The standard InChI is InChI=1S/C15H16ClNS/c16-12-3-5-13(6-4-12)18-15(11-17)9-14(10-15)7-1-2-8-14/h3-6H,1-2,7-10H2. The van der Waals surface area contributed by atoms with E-state index in [2.05, 4.69) is 6.07 Å². The summed E-state index contributed by atoms with van der Waals surface area (Å²) in [4.78, 5) is 1.16. The summed E-state index contributed by atoms with van der Waals surface area (Å²) in [6.07, 6.45) is 7.52. The van der Waals surface area contributed by atoms with E-state index < -0.39 is 0 Å². The van der Waals surface area contributed by atoms with E-state index in [-0.39, 0.29) is 4.75 Å². The normalized spacial score (nSPS) is 23.6. The van der Waals surface area contributed by atoms with Crippen LogP contribution in [0.4, 0.5) is 0 Å². The van der Waals surface area contributed by atoms with Crippen molar-refractivity contribution in [1.29, 1.82) is 5.26 Å². The molecule has 0 heterocycles. The van der Waals surface area contributed by atoms with Gasteiger partial charge in [-0.15, -0.1) is 11.8 Å². The lowest BCUT2D eigenvalue weighted by molar-refractivity contribution is 0.119. The largest absolute Gasteiger partial charge is 0.197 e. The van der Waals surface area contributed by atoms with Gasteiger partial charge in [0, 0.05) is 9.92 Å². The van der Waals surface area contributed by atoms with Crippen LogP contribution in [0.3, 0.4) is 0 Å². The summed E-state index contributed by atoms with van der Waals surface area (Å²) < 4.78 is -0.182. The van der Waals surface area contributed by atoms with Gasteiger partial charge in [-0.3, -0.25) is 0 Å². The Hall–Kier alpha value is -0.650. The highest BCUT2D eigenvalue weighted by Crippen LogP contribution is 2.63. The van der Waals surface area contributed by atoms with Crippen LogP contribution in [0.25, 0.3) is 0 Å². The zero-order chi connectivity index (χ0) is 12.6. The highest BCUT2D eigenvalue weighted by Gasteiger charge is 2.56. The quantitative estimate of drug-likeness (QED) is 0.755. The molecule has 3 rings (SSSR count). The molecule has 0 N–H and O–H groups in total. The molecule has 0 saturated heterocycles. The molecule has 2 aliphatic rings. The van der Waals surface area contributed by atoms with Crippen LogP contribution < -0.4 is 0 Å². The fourth-order valence-corrected chi connectivity index (χ4v) is 5.19. The van der Waals surface area contributed by atoms with Crippen molar-refractivity contribution in [2.75, 3.05) is 0 Å². The minimum Gasteiger partial charge on any atom is -0.197 e. The number of hydrogen-bond acceptors (Lipinski definition) is 2. The SMILES string of the molecule is N#CC1(Sc2ccc(Cl)cc2)CC2(CCCC2)C1. The van der Waals surface area contributed by atoms with Crippen molar-refractivity contribution in [3.05, 3.63) is 29.3 Å². The molecule has 0 amide bonds. The number of benzene rings is 1. The first-order chi connectivity index (χ1) is 8.65. The van der Waals surface area contributed by atoms with E-state index in [0.717, 1.165) is 22.8 Å². The third-order valence-electron chi connectivity index (χ3n) is 4.32. The molecule has 2 fully saturated rings. The minimum absolute atomic E-state index is 0.182. The predicted molar refractivity (Wildman–Crippen MR) is 75.8 cm³/mol. The van der Waals surface area contributed by atoms with Crippen LogP contribution in [-0.2, 0) is 0 Å². The second-order valence-electron chi connectivity index (χ2n) is 5.72. The summed E-state index contributed by atoms with van der Waals surface area (Å²) in [5.41, 5.74) is 0.509. The van der Waals surface area contributed by atoms with Gasteiger partial charge in [0.2, 0.25) is 0 Å². The van der Waals surface area contributed by atoms with Crippen molar-refractivity contribution < 1.29 is 0 Å². The summed E-state index contributed by atoms with van der Waals surface area (Å²) in [5, 5.41) is 10.3. The molecule has 0 atom stereocenters. The fraction of sp³-hybridized carbons (Fsp3) is 0.533. The van der Waals surface area contributed by atoms with E-state index >= 15 is 0 Å². The molecule has 0 aromatic heterocycles. The van der Waals surface area contributed by atoms with Crippen LogP contribution >= 0.6 is 23.4 Å². The van der Waals surface area contributed by atoms with E-state index in [1.165, 1.54) is 25.7 Å². The Morgan fingerprint density at radius 1 is 1.11 bits per heavy atom. The van der Waals surface area contributed by atoms with Gasteiger partial charge >= 0.3 is 0 Å². The van der Waals surface area contributed by atoms with Crippen molar-refractivity contribution in [2.24, 2.45) is 5.41 Å². The zero-order valence-electron chi connectivity index (χ0n) is 10.3. The Bertz CT molecular complexity index is 474. The number of rotatable bonds is 2. The van der Waals surface area contributed by atoms with E-state index in [1.54, 1.807) is 11.8 Å². The van der Waals surface area contributed by atoms with Crippen molar-refractivity contribution in [1.82, 2.24) is 0 Å². The van der Waals surface area contributed by atoms with E-state index in [0.29, 0.717) is 5.41 Å². The Balaban J connectivity index is 1.71. The van der Waals surface area contributed by atoms with Crippen LogP contribution in [-0.4, -0.2) is 4.75 Å². The maximum Gasteiger partial charge on any atom is 0.108 e. The first-order valence-corrected chi connectivity index (χ1v) is 7.71. The summed E-state index contributed by atoms with van der Waals surface area (Å²) in [6, 6.07) is 10.4. The fourth-order valence-electron chi connectivity index (χ4n) is 3.54. The van der Waals surface area contributed by atoms with Gasteiger partial charge in [-0.1, -0.05) is 24.4 Å². The number of hydrogen-bond donors (Lipinski definition) is 0. The summed E-state index contributed by atoms with van der Waals surface area (Å²) >= 11 is 7.62. The van der Waals surface area contributed by atoms with Gasteiger partial charge in [-0.05, 0) is 55.4 Å². The number of nitriles is 1. The molecule has 18 heavy (non-hydrogen) atoms. The molecule has 0 radical (unpaired) electrons. The van der Waals surface area contributed by atoms with E-state index in [1.807, 2.05) is 24.3 Å². The second kappa shape index (κ2) is 4.47. The molecule has 2 aliphatic carbocycles. The minimum atomic E-state index is -0.182. The van der Waals surface area contributed by atoms with Gasteiger partial charge in [0.05, 0.1) is 6.07 Å². The van der Waals surface area contributed by atoms with Crippen LogP contribution in [0, 0.1) is 16.7 Å². The number of nitrogens with zero attached hydrogens (tertiary/aromatic N) is 1. The molecular weight excluding hydrogens is 262 g/mol. The highest BCUT2D eigenvalue weighted by atomic mass is 35.5. The van der Waals surface area contributed by atoms with E-state index in [4.69, 9.17) is 11.6 Å². The van der Waals surface area contributed by atoms with Crippen LogP contribution in [0.2, 0.25) is 5.02 Å². The molecule has 1 spiro atoms. The average molecular weight is 278 g/mol. The van der Waals surface area contributed by atoms with Gasteiger partial charge in [-0.2, -0.15) is 5.26 Å². The Labute approximate surface area is 118 Å². The third kappa shape index (κ3) is 2.15. The first kappa shape index (κ1) is 12.4.